The topological polar surface area (TPSA) is 73.8 Å². The Kier molecular flexibility index (Phi) is 4.31. The van der Waals surface area contributed by atoms with Crippen LogP contribution >= 0.6 is 27.3 Å². The van der Waals surface area contributed by atoms with E-state index in [0.717, 1.165) is 64.4 Å². The molecule has 5 heterocycles. The molecule has 0 aliphatic carbocycles. The van der Waals surface area contributed by atoms with Crippen LogP contribution in [-0.2, 0) is 0 Å². The number of H-pyrrole nitrogens is 1. The van der Waals surface area contributed by atoms with Gasteiger partial charge in [0.2, 0.25) is 5.13 Å². The van der Waals surface area contributed by atoms with Gasteiger partial charge in [0.15, 0.2) is 3.92 Å². The second-order valence-corrected chi connectivity index (χ2v) is 9.84. The number of nitrogens with one attached hydrogen (secondary N) is 1. The van der Waals surface area contributed by atoms with Gasteiger partial charge in [-0.1, -0.05) is 18.3 Å². The van der Waals surface area contributed by atoms with Crippen LogP contribution in [0.3, 0.4) is 0 Å². The Bertz CT molecular complexity index is 956. The molecule has 5 rings (SSSR count). The van der Waals surface area contributed by atoms with Gasteiger partial charge in [-0.2, -0.15) is 0 Å². The lowest BCUT2D eigenvalue weighted by Crippen LogP contribution is -2.58. The number of halogens is 1. The van der Waals surface area contributed by atoms with E-state index < -0.39 is 0 Å². The summed E-state index contributed by atoms with van der Waals surface area (Å²) in [5.41, 5.74) is 1.17. The van der Waals surface area contributed by atoms with Crippen molar-refractivity contribution in [2.45, 2.75) is 26.2 Å². The Morgan fingerprint density at radius 3 is 2.81 bits per heavy atom. The summed E-state index contributed by atoms with van der Waals surface area (Å²) in [6.07, 6.45) is 7.22. The first-order valence-electron chi connectivity index (χ1n) is 9.45. The highest BCUT2D eigenvalue weighted by molar-refractivity contribution is 9.11. The Morgan fingerprint density at radius 2 is 2.04 bits per heavy atom. The molecule has 0 bridgehead atoms. The second kappa shape index (κ2) is 6.70. The van der Waals surface area contributed by atoms with Gasteiger partial charge in [0.25, 0.3) is 0 Å². The summed E-state index contributed by atoms with van der Waals surface area (Å²) in [6, 6.07) is 2.08. The van der Waals surface area contributed by atoms with Gasteiger partial charge < -0.3 is 14.8 Å². The van der Waals surface area contributed by atoms with E-state index in [4.69, 9.17) is 0 Å². The number of hydrogen-bond acceptors (Lipinski definition) is 7. The van der Waals surface area contributed by atoms with E-state index in [1.807, 2.05) is 6.20 Å². The lowest BCUT2D eigenvalue weighted by atomic mass is 9.65. The zero-order valence-corrected chi connectivity index (χ0v) is 17.6. The average Bonchev–Trinajstić information content (AvgIpc) is 3.35. The molecular weight excluding hydrogens is 426 g/mol. The summed E-state index contributed by atoms with van der Waals surface area (Å²) in [5.74, 6) is 1.82. The molecule has 2 aliphatic heterocycles. The molecule has 27 heavy (non-hydrogen) atoms. The van der Waals surface area contributed by atoms with Crippen molar-refractivity contribution in [1.29, 1.82) is 0 Å². The Labute approximate surface area is 170 Å². The number of fused-ring (bicyclic) bond motifs is 2. The van der Waals surface area contributed by atoms with Crippen molar-refractivity contribution in [1.82, 2.24) is 25.1 Å². The first kappa shape index (κ1) is 17.4. The highest BCUT2D eigenvalue weighted by Crippen LogP contribution is 2.46. The molecule has 0 saturated carbocycles. The molecule has 2 fully saturated rings. The quantitative estimate of drug-likeness (QED) is 0.659. The predicted octanol–water partition coefficient (Wildman–Crippen LogP) is 3.70. The van der Waals surface area contributed by atoms with E-state index in [2.05, 4.69) is 63.9 Å². The maximum absolute atomic E-state index is 4.64. The van der Waals surface area contributed by atoms with Crippen LogP contribution in [0.2, 0.25) is 0 Å². The van der Waals surface area contributed by atoms with Crippen molar-refractivity contribution in [3.63, 3.8) is 0 Å². The SMILES string of the molecule is CC[C@]12CN(c3nnc(Br)s3)CC[C@H]1CCN(c1ncnc3[nH]ccc13)C2. The summed E-state index contributed by atoms with van der Waals surface area (Å²) in [6.45, 7) is 6.54. The number of rotatable bonds is 3. The molecule has 0 unspecified atom stereocenters. The molecule has 0 spiro atoms. The predicted molar refractivity (Wildman–Crippen MR) is 111 cm³/mol. The fraction of sp³-hybridized carbons (Fsp3) is 0.556. The van der Waals surface area contributed by atoms with E-state index in [1.165, 1.54) is 12.8 Å². The molecular formula is C18H22BrN7S. The lowest BCUT2D eigenvalue weighted by Gasteiger charge is -2.53. The molecule has 3 aromatic heterocycles. The maximum atomic E-state index is 4.64. The van der Waals surface area contributed by atoms with Crippen LogP contribution in [0, 0.1) is 11.3 Å². The number of aromatic nitrogens is 5. The highest BCUT2D eigenvalue weighted by Gasteiger charge is 2.46. The number of piperidine rings is 2. The summed E-state index contributed by atoms with van der Waals surface area (Å²) in [4.78, 5) is 17.1. The minimum Gasteiger partial charge on any atom is -0.355 e. The molecule has 2 saturated heterocycles. The van der Waals surface area contributed by atoms with Crippen molar-refractivity contribution < 1.29 is 0 Å². The van der Waals surface area contributed by atoms with Gasteiger partial charge in [-0.15, -0.1) is 10.2 Å². The number of hydrogen-bond donors (Lipinski definition) is 1. The van der Waals surface area contributed by atoms with Gasteiger partial charge >= 0.3 is 0 Å². The molecule has 0 radical (unpaired) electrons. The largest absolute Gasteiger partial charge is 0.355 e. The van der Waals surface area contributed by atoms with Crippen LogP contribution in [0.15, 0.2) is 22.5 Å². The molecule has 1 N–H and O–H groups in total. The van der Waals surface area contributed by atoms with Gasteiger partial charge in [-0.05, 0) is 47.2 Å². The first-order valence-corrected chi connectivity index (χ1v) is 11.1. The van der Waals surface area contributed by atoms with Crippen LogP contribution in [0.25, 0.3) is 11.0 Å². The minimum absolute atomic E-state index is 0.252. The molecule has 0 amide bonds. The maximum Gasteiger partial charge on any atom is 0.209 e. The lowest BCUT2D eigenvalue weighted by molar-refractivity contribution is 0.0989. The summed E-state index contributed by atoms with van der Waals surface area (Å²) < 4.78 is 0.853. The fourth-order valence-corrected chi connectivity index (χ4v) is 6.01. The van der Waals surface area contributed by atoms with Crippen molar-refractivity contribution >= 4 is 49.2 Å². The highest BCUT2D eigenvalue weighted by atomic mass is 79.9. The first-order chi connectivity index (χ1) is 13.2. The molecule has 2 atom stereocenters. The van der Waals surface area contributed by atoms with Gasteiger partial charge in [0.05, 0.1) is 5.39 Å². The van der Waals surface area contributed by atoms with Crippen LogP contribution in [0.5, 0.6) is 0 Å². The van der Waals surface area contributed by atoms with Crippen LogP contribution < -0.4 is 9.80 Å². The third-order valence-electron chi connectivity index (χ3n) is 6.37. The molecule has 3 aromatic rings. The third kappa shape index (κ3) is 2.91. The van der Waals surface area contributed by atoms with Gasteiger partial charge in [-0.25, -0.2) is 9.97 Å². The van der Waals surface area contributed by atoms with Gasteiger partial charge in [0, 0.05) is 37.8 Å². The summed E-state index contributed by atoms with van der Waals surface area (Å²) >= 11 is 5.08. The summed E-state index contributed by atoms with van der Waals surface area (Å²) in [7, 11) is 0. The molecule has 2 aliphatic rings. The van der Waals surface area contributed by atoms with E-state index in [0.29, 0.717) is 0 Å². The van der Waals surface area contributed by atoms with E-state index >= 15 is 0 Å². The molecule has 7 nitrogen and oxygen atoms in total. The van der Waals surface area contributed by atoms with Crippen LogP contribution in [0.4, 0.5) is 10.9 Å². The number of anilines is 2. The van der Waals surface area contributed by atoms with Crippen molar-refractivity contribution in [2.24, 2.45) is 11.3 Å². The number of nitrogens with zero attached hydrogens (tertiary/aromatic N) is 6. The fourth-order valence-electron chi connectivity index (χ4n) is 4.90. The standard InChI is InChI=1S/C18H22BrN7S/c1-2-18-9-25(15-13-3-6-20-14(13)21-11-22-15)7-4-12(18)5-8-26(10-18)17-24-23-16(19)27-17/h3,6,11-12H,2,4-5,7-10H2,1H3,(H,20,21,22)/t12-,18+/m1/s1. The third-order valence-corrected chi connectivity index (χ3v) is 7.79. The van der Waals surface area contributed by atoms with Crippen LogP contribution in [-0.4, -0.2) is 51.3 Å². The van der Waals surface area contributed by atoms with Crippen molar-refractivity contribution in [2.75, 3.05) is 36.0 Å². The van der Waals surface area contributed by atoms with Gasteiger partial charge in [0.1, 0.15) is 17.8 Å². The van der Waals surface area contributed by atoms with E-state index in [1.54, 1.807) is 17.7 Å². The zero-order valence-electron chi connectivity index (χ0n) is 15.2. The van der Waals surface area contributed by atoms with E-state index in [9.17, 15) is 0 Å². The summed E-state index contributed by atoms with van der Waals surface area (Å²) in [5, 5.41) is 10.7. The Hall–Kier alpha value is -1.74. The van der Waals surface area contributed by atoms with Gasteiger partial charge in [-0.3, -0.25) is 0 Å². The van der Waals surface area contributed by atoms with Crippen molar-refractivity contribution in [3.05, 3.63) is 22.5 Å². The Balaban J connectivity index is 1.46. The second-order valence-electron chi connectivity index (χ2n) is 7.61. The normalized spacial score (nSPS) is 25.8. The smallest absolute Gasteiger partial charge is 0.209 e. The zero-order chi connectivity index (χ0) is 18.4. The Morgan fingerprint density at radius 1 is 1.22 bits per heavy atom. The van der Waals surface area contributed by atoms with E-state index in [-0.39, 0.29) is 5.41 Å². The van der Waals surface area contributed by atoms with Crippen molar-refractivity contribution in [3.8, 4) is 0 Å². The average molecular weight is 448 g/mol. The monoisotopic (exact) mass is 447 g/mol. The molecule has 142 valence electrons. The minimum atomic E-state index is 0.252. The number of aromatic amines is 1. The molecule has 9 heteroatoms. The molecule has 0 aromatic carbocycles. The van der Waals surface area contributed by atoms with Crippen LogP contribution in [0.1, 0.15) is 26.2 Å².